The molecule has 11 heavy (non-hydrogen) atoms. The Labute approximate surface area is 69.7 Å². The van der Waals surface area contributed by atoms with Gasteiger partial charge in [0.2, 0.25) is 6.29 Å². The summed E-state index contributed by atoms with van der Waals surface area (Å²) >= 11 is 5.67. The monoisotopic (exact) mass is 169 g/mol. The zero-order chi connectivity index (χ0) is 8.27. The summed E-state index contributed by atoms with van der Waals surface area (Å²) in [5.74, 6) is 0.451. The predicted molar refractivity (Wildman–Crippen MR) is 42.8 cm³/mol. The van der Waals surface area contributed by atoms with Crippen molar-refractivity contribution in [3.63, 3.8) is 0 Å². The minimum absolute atomic E-state index is 0.275. The van der Waals surface area contributed by atoms with Crippen LogP contribution in [0.2, 0.25) is 5.02 Å². The van der Waals surface area contributed by atoms with Crippen molar-refractivity contribution in [2.45, 2.75) is 0 Å². The average molecular weight is 170 g/mol. The Morgan fingerprint density at radius 1 is 1.55 bits per heavy atom. The molecule has 0 aromatic heterocycles. The number of rotatable bonds is 2. The van der Waals surface area contributed by atoms with E-state index < -0.39 is 0 Å². The molecular weight excluding hydrogens is 164 g/mol. The van der Waals surface area contributed by atoms with Gasteiger partial charge in [0.15, 0.2) is 0 Å². The largest absolute Gasteiger partial charge is 0.496 e. The van der Waals surface area contributed by atoms with E-state index in [9.17, 15) is 4.79 Å². The lowest BCUT2D eigenvalue weighted by Gasteiger charge is -2.02. The Kier molecular flexibility index (Phi) is 2.49. The van der Waals surface area contributed by atoms with Crippen molar-refractivity contribution in [3.05, 3.63) is 28.8 Å². The van der Waals surface area contributed by atoms with Crippen LogP contribution in [0.1, 0.15) is 5.56 Å². The zero-order valence-electron chi connectivity index (χ0n) is 5.93. The van der Waals surface area contributed by atoms with Gasteiger partial charge in [-0.25, -0.2) is 0 Å². The highest BCUT2D eigenvalue weighted by Gasteiger charge is 2.05. The summed E-state index contributed by atoms with van der Waals surface area (Å²) in [5, 5.41) is 0.361. The van der Waals surface area contributed by atoms with Crippen LogP contribution in [-0.4, -0.2) is 13.4 Å². The molecule has 0 spiro atoms. The quantitative estimate of drug-likeness (QED) is 0.675. The molecule has 0 aliphatic rings. The number of methoxy groups -OCH3 is 1. The van der Waals surface area contributed by atoms with Crippen LogP contribution >= 0.6 is 11.6 Å². The van der Waals surface area contributed by atoms with E-state index in [4.69, 9.17) is 16.3 Å². The van der Waals surface area contributed by atoms with Gasteiger partial charge in [-0.05, 0) is 12.1 Å². The average Bonchev–Trinajstić information content (AvgIpc) is 2.04. The van der Waals surface area contributed by atoms with Gasteiger partial charge in [-0.15, -0.1) is 0 Å². The van der Waals surface area contributed by atoms with Crippen molar-refractivity contribution in [2.75, 3.05) is 7.11 Å². The molecule has 0 bridgehead atoms. The summed E-state index contributed by atoms with van der Waals surface area (Å²) in [4.78, 5) is 10.3. The fourth-order valence-electron chi connectivity index (χ4n) is 0.774. The molecule has 0 aliphatic heterocycles. The van der Waals surface area contributed by atoms with Gasteiger partial charge >= 0.3 is 0 Å². The normalized spacial score (nSPS) is 9.27. The van der Waals surface area contributed by atoms with Crippen LogP contribution in [0.5, 0.6) is 5.75 Å². The van der Waals surface area contributed by atoms with Crippen LogP contribution in [0.15, 0.2) is 18.2 Å². The van der Waals surface area contributed by atoms with Crippen molar-refractivity contribution < 1.29 is 9.53 Å². The molecule has 0 atom stereocenters. The molecule has 2 nitrogen and oxygen atoms in total. The van der Waals surface area contributed by atoms with E-state index in [0.717, 1.165) is 0 Å². The maximum absolute atomic E-state index is 10.3. The number of hydrogen-bond donors (Lipinski definition) is 0. The molecule has 1 rings (SSSR count). The Bertz CT molecular complexity index is 271. The van der Waals surface area contributed by atoms with Gasteiger partial charge in [-0.2, -0.15) is 0 Å². The fraction of sp³-hybridized carbons (Fsp3) is 0.125. The van der Waals surface area contributed by atoms with Crippen LogP contribution in [-0.2, 0) is 4.79 Å². The minimum atomic E-state index is 0.275. The van der Waals surface area contributed by atoms with Crippen LogP contribution in [0.4, 0.5) is 0 Å². The summed E-state index contributed by atoms with van der Waals surface area (Å²) in [5.41, 5.74) is 0.275. The van der Waals surface area contributed by atoms with E-state index in [-0.39, 0.29) is 5.56 Å². The minimum Gasteiger partial charge on any atom is -0.496 e. The number of benzene rings is 1. The van der Waals surface area contributed by atoms with Crippen molar-refractivity contribution in [2.24, 2.45) is 0 Å². The number of ether oxygens (including phenoxy) is 1. The smallest absolute Gasteiger partial charge is 0.238 e. The van der Waals surface area contributed by atoms with E-state index in [0.29, 0.717) is 10.8 Å². The highest BCUT2D eigenvalue weighted by atomic mass is 35.5. The maximum atomic E-state index is 10.3. The van der Waals surface area contributed by atoms with E-state index >= 15 is 0 Å². The van der Waals surface area contributed by atoms with E-state index in [1.807, 2.05) is 0 Å². The second-order valence-electron chi connectivity index (χ2n) is 1.92. The van der Waals surface area contributed by atoms with Crippen LogP contribution < -0.4 is 4.74 Å². The van der Waals surface area contributed by atoms with Crippen molar-refractivity contribution in [1.82, 2.24) is 0 Å². The molecule has 1 radical (unpaired) electrons. The molecule has 1 aromatic rings. The van der Waals surface area contributed by atoms with Crippen LogP contribution in [0.25, 0.3) is 0 Å². The number of hydrogen-bond acceptors (Lipinski definition) is 2. The summed E-state index contributed by atoms with van der Waals surface area (Å²) < 4.78 is 4.87. The molecule has 3 heteroatoms. The maximum Gasteiger partial charge on any atom is 0.238 e. The summed E-state index contributed by atoms with van der Waals surface area (Å²) in [6.45, 7) is 0. The third-order valence-electron chi connectivity index (χ3n) is 1.30. The van der Waals surface area contributed by atoms with Gasteiger partial charge in [0.05, 0.1) is 17.7 Å². The van der Waals surface area contributed by atoms with E-state index in [2.05, 4.69) is 0 Å². The lowest BCUT2D eigenvalue weighted by molar-refractivity contribution is 0.413. The molecule has 0 fully saturated rings. The lowest BCUT2D eigenvalue weighted by atomic mass is 10.2. The topological polar surface area (TPSA) is 26.3 Å². The summed E-state index contributed by atoms with van der Waals surface area (Å²) in [6, 6.07) is 4.98. The SMILES string of the molecule is COc1cccc(Cl)c1[C]=O. The Hall–Kier alpha value is -1.02. The van der Waals surface area contributed by atoms with Gasteiger partial charge in [0.25, 0.3) is 0 Å². The summed E-state index contributed by atoms with van der Waals surface area (Å²) in [6.07, 6.45) is 1.71. The van der Waals surface area contributed by atoms with Gasteiger partial charge in [0.1, 0.15) is 5.75 Å². The molecule has 0 amide bonds. The first-order valence-corrected chi connectivity index (χ1v) is 3.38. The fourth-order valence-corrected chi connectivity index (χ4v) is 0.978. The molecular formula is C8H6ClO2. The molecule has 0 heterocycles. The van der Waals surface area contributed by atoms with Crippen molar-refractivity contribution in [3.8, 4) is 5.75 Å². The Balaban J connectivity index is 3.24. The highest BCUT2D eigenvalue weighted by molar-refractivity contribution is 6.33. The van der Waals surface area contributed by atoms with Crippen LogP contribution in [0.3, 0.4) is 0 Å². The second kappa shape index (κ2) is 3.39. The van der Waals surface area contributed by atoms with E-state index in [1.165, 1.54) is 7.11 Å². The molecule has 0 saturated carbocycles. The van der Waals surface area contributed by atoms with Gasteiger partial charge in [-0.3, -0.25) is 4.79 Å². The Morgan fingerprint density at radius 2 is 2.27 bits per heavy atom. The highest BCUT2D eigenvalue weighted by Crippen LogP contribution is 2.23. The molecule has 1 aromatic carbocycles. The first kappa shape index (κ1) is 8.08. The molecule has 0 saturated heterocycles. The molecule has 0 unspecified atom stereocenters. The number of carbonyl (C=O) groups excluding carboxylic acids is 1. The van der Waals surface area contributed by atoms with Crippen molar-refractivity contribution >= 4 is 17.9 Å². The van der Waals surface area contributed by atoms with Gasteiger partial charge in [-0.1, -0.05) is 17.7 Å². The van der Waals surface area contributed by atoms with Crippen molar-refractivity contribution in [1.29, 1.82) is 0 Å². The first-order valence-electron chi connectivity index (χ1n) is 3.00. The van der Waals surface area contributed by atoms with Crippen LogP contribution in [0, 0.1) is 0 Å². The predicted octanol–water partition coefficient (Wildman–Crippen LogP) is 1.81. The third-order valence-corrected chi connectivity index (χ3v) is 1.61. The summed E-state index contributed by atoms with van der Waals surface area (Å²) in [7, 11) is 1.48. The lowest BCUT2D eigenvalue weighted by Crippen LogP contribution is -1.90. The molecule has 57 valence electrons. The van der Waals surface area contributed by atoms with Gasteiger partial charge in [0, 0.05) is 0 Å². The standard InChI is InChI=1S/C8H6ClO2/c1-11-8-4-2-3-7(9)6(8)5-10/h2-4H,1H3. The second-order valence-corrected chi connectivity index (χ2v) is 2.33. The van der Waals surface area contributed by atoms with E-state index in [1.54, 1.807) is 24.5 Å². The Morgan fingerprint density at radius 3 is 2.73 bits per heavy atom. The molecule has 0 aliphatic carbocycles. The zero-order valence-corrected chi connectivity index (χ0v) is 6.68. The third kappa shape index (κ3) is 1.52. The first-order chi connectivity index (χ1) is 5.29. The number of halogens is 1. The molecule has 0 N–H and O–H groups in total. The van der Waals surface area contributed by atoms with Gasteiger partial charge < -0.3 is 4.74 Å².